The zero-order valence-electron chi connectivity index (χ0n) is 40.4. The minimum Gasteiger partial charge on any atom is -0.462 e. The van der Waals surface area contributed by atoms with Gasteiger partial charge in [0, 0.05) is 19.3 Å². The Labute approximate surface area is 382 Å². The van der Waals surface area contributed by atoms with Crippen LogP contribution in [0.15, 0.2) is 85.1 Å². The van der Waals surface area contributed by atoms with Crippen LogP contribution in [-0.4, -0.2) is 37.2 Å². The third kappa shape index (κ3) is 47.6. The van der Waals surface area contributed by atoms with Gasteiger partial charge in [-0.05, 0) is 70.6 Å². The first-order chi connectivity index (χ1) is 30.5. The summed E-state index contributed by atoms with van der Waals surface area (Å²) in [5.74, 6) is -0.939. The number of hydrogen-bond acceptors (Lipinski definition) is 6. The summed E-state index contributed by atoms with van der Waals surface area (Å²) < 4.78 is 16.7. The van der Waals surface area contributed by atoms with Crippen LogP contribution in [0.4, 0.5) is 0 Å². The Morgan fingerprint density at radius 3 is 1.19 bits per heavy atom. The monoisotopic (exact) mass is 863 g/mol. The Bertz CT molecular complexity index is 1220. The number of carbonyl (C=O) groups excluding carboxylic acids is 3. The molecule has 0 amide bonds. The van der Waals surface area contributed by atoms with E-state index in [2.05, 4.69) is 69.4 Å². The Morgan fingerprint density at radius 2 is 0.710 bits per heavy atom. The summed E-state index contributed by atoms with van der Waals surface area (Å²) in [6, 6.07) is 0. The molecular weight excluding hydrogens is 769 g/mol. The SMILES string of the molecule is CC\C=C/C=C\C=C/C=C\CCCCCC(=O)OC(COC(=O)CCCCCCCCCCC/C=C\C/C=C\C/C=C\CC)COC(=O)CCCCCCCCCCCCCC. The molecule has 0 heterocycles. The minimum absolute atomic E-state index is 0.0930. The second-order valence-electron chi connectivity index (χ2n) is 16.8. The highest BCUT2D eigenvalue weighted by Gasteiger charge is 2.19. The van der Waals surface area contributed by atoms with Gasteiger partial charge in [0.15, 0.2) is 6.10 Å². The van der Waals surface area contributed by atoms with Gasteiger partial charge in [-0.2, -0.15) is 0 Å². The zero-order chi connectivity index (χ0) is 45.1. The van der Waals surface area contributed by atoms with Crippen molar-refractivity contribution in [3.05, 3.63) is 85.1 Å². The number of rotatable bonds is 45. The van der Waals surface area contributed by atoms with Crippen molar-refractivity contribution in [2.45, 2.75) is 239 Å². The molecule has 62 heavy (non-hydrogen) atoms. The first-order valence-electron chi connectivity index (χ1n) is 25.6. The molecule has 6 nitrogen and oxygen atoms in total. The Morgan fingerprint density at radius 1 is 0.355 bits per heavy atom. The van der Waals surface area contributed by atoms with Crippen LogP contribution in [0, 0.1) is 0 Å². The highest BCUT2D eigenvalue weighted by Crippen LogP contribution is 2.15. The summed E-state index contributed by atoms with van der Waals surface area (Å²) in [4.78, 5) is 37.9. The van der Waals surface area contributed by atoms with Crippen LogP contribution in [0.5, 0.6) is 0 Å². The van der Waals surface area contributed by atoms with E-state index in [1.807, 2.05) is 36.5 Å². The Hall–Kier alpha value is -3.41. The van der Waals surface area contributed by atoms with Crippen LogP contribution in [0.3, 0.4) is 0 Å². The van der Waals surface area contributed by atoms with Gasteiger partial charge in [0.2, 0.25) is 0 Å². The standard InChI is InChI=1S/C56H94O6/c1-4-7-10-13-16-19-22-25-26-27-28-29-30-32-34-37-40-43-46-49-55(58)61-52-53(51-60-54(57)48-45-42-39-36-33-24-21-18-15-12-9-6-3)62-56(59)50-47-44-41-38-35-31-23-20-17-14-11-8-5-2/h7-8,10-11,14,16-17,19-20,23,25-26,31,35,53H,4-6,9,12-13,15,18,21-22,24,27-30,32-34,36-52H2,1-3H3/b10-7-,11-8-,17-14-,19-16-,23-20-,26-25-,35-31-. The molecule has 354 valence electrons. The lowest BCUT2D eigenvalue weighted by Crippen LogP contribution is -2.30. The second kappa shape index (κ2) is 50.2. The number of esters is 3. The molecule has 0 aromatic carbocycles. The minimum atomic E-state index is -0.797. The van der Waals surface area contributed by atoms with E-state index < -0.39 is 6.10 Å². The largest absolute Gasteiger partial charge is 0.462 e. The summed E-state index contributed by atoms with van der Waals surface area (Å²) in [6.07, 6.45) is 64.2. The predicted octanol–water partition coefficient (Wildman–Crippen LogP) is 16.8. The molecule has 0 aliphatic rings. The van der Waals surface area contributed by atoms with Crippen molar-refractivity contribution < 1.29 is 28.6 Å². The molecule has 1 atom stereocenters. The van der Waals surface area contributed by atoms with Crippen molar-refractivity contribution in [2.75, 3.05) is 13.2 Å². The number of hydrogen-bond donors (Lipinski definition) is 0. The topological polar surface area (TPSA) is 78.9 Å². The molecule has 0 aromatic heterocycles. The van der Waals surface area contributed by atoms with Gasteiger partial charge >= 0.3 is 17.9 Å². The quantitative estimate of drug-likeness (QED) is 0.0199. The van der Waals surface area contributed by atoms with Crippen LogP contribution in [-0.2, 0) is 28.6 Å². The molecule has 1 unspecified atom stereocenters. The first-order valence-corrected chi connectivity index (χ1v) is 25.6. The molecule has 0 spiro atoms. The van der Waals surface area contributed by atoms with Crippen molar-refractivity contribution in [2.24, 2.45) is 0 Å². The maximum absolute atomic E-state index is 12.8. The Balaban J connectivity index is 4.39. The van der Waals surface area contributed by atoms with E-state index in [1.165, 1.54) is 103 Å². The smallest absolute Gasteiger partial charge is 0.306 e. The number of carbonyl (C=O) groups is 3. The average Bonchev–Trinajstić information content (AvgIpc) is 3.27. The zero-order valence-corrected chi connectivity index (χ0v) is 40.4. The van der Waals surface area contributed by atoms with E-state index >= 15 is 0 Å². The number of ether oxygens (including phenoxy) is 3. The summed E-state index contributed by atoms with van der Waals surface area (Å²) in [6.45, 7) is 6.34. The van der Waals surface area contributed by atoms with Crippen LogP contribution in [0.2, 0.25) is 0 Å². The average molecular weight is 863 g/mol. The van der Waals surface area contributed by atoms with Crippen molar-refractivity contribution >= 4 is 17.9 Å². The van der Waals surface area contributed by atoms with Crippen molar-refractivity contribution in [1.82, 2.24) is 0 Å². The summed E-state index contributed by atoms with van der Waals surface area (Å²) >= 11 is 0. The van der Waals surface area contributed by atoms with E-state index in [-0.39, 0.29) is 37.5 Å². The van der Waals surface area contributed by atoms with Gasteiger partial charge in [-0.25, -0.2) is 0 Å². The van der Waals surface area contributed by atoms with Gasteiger partial charge in [-0.15, -0.1) is 0 Å². The third-order valence-corrected chi connectivity index (χ3v) is 10.7. The molecule has 0 bridgehead atoms. The molecule has 0 fully saturated rings. The molecule has 0 N–H and O–H groups in total. The van der Waals surface area contributed by atoms with Crippen LogP contribution in [0.25, 0.3) is 0 Å². The lowest BCUT2D eigenvalue weighted by molar-refractivity contribution is -0.167. The van der Waals surface area contributed by atoms with Gasteiger partial charge in [-0.3, -0.25) is 14.4 Å². The molecule has 0 aliphatic heterocycles. The fraction of sp³-hybridized carbons (Fsp3) is 0.696. The molecule has 0 saturated heterocycles. The van der Waals surface area contributed by atoms with Gasteiger partial charge in [0.1, 0.15) is 13.2 Å². The summed E-state index contributed by atoms with van der Waals surface area (Å²) in [5, 5.41) is 0. The van der Waals surface area contributed by atoms with Crippen molar-refractivity contribution in [3.8, 4) is 0 Å². The second-order valence-corrected chi connectivity index (χ2v) is 16.8. The van der Waals surface area contributed by atoms with Crippen LogP contribution in [0.1, 0.15) is 233 Å². The van der Waals surface area contributed by atoms with Gasteiger partial charge in [0.05, 0.1) is 0 Å². The van der Waals surface area contributed by atoms with E-state index in [4.69, 9.17) is 14.2 Å². The van der Waals surface area contributed by atoms with Crippen LogP contribution < -0.4 is 0 Å². The molecule has 0 aromatic rings. The van der Waals surface area contributed by atoms with Crippen molar-refractivity contribution in [1.29, 1.82) is 0 Å². The lowest BCUT2D eigenvalue weighted by Gasteiger charge is -2.18. The number of unbranched alkanes of at least 4 members (excludes halogenated alkanes) is 23. The highest BCUT2D eigenvalue weighted by molar-refractivity contribution is 5.71. The van der Waals surface area contributed by atoms with E-state index in [0.29, 0.717) is 19.3 Å². The van der Waals surface area contributed by atoms with E-state index in [9.17, 15) is 14.4 Å². The van der Waals surface area contributed by atoms with Gasteiger partial charge in [-0.1, -0.05) is 228 Å². The maximum atomic E-state index is 12.8. The Kier molecular flexibility index (Phi) is 47.5. The van der Waals surface area contributed by atoms with E-state index in [0.717, 1.165) is 83.5 Å². The molecule has 6 heteroatoms. The fourth-order valence-corrected chi connectivity index (χ4v) is 6.94. The molecular formula is C56H94O6. The lowest BCUT2D eigenvalue weighted by atomic mass is 10.0. The predicted molar refractivity (Wildman–Crippen MR) is 265 cm³/mol. The first kappa shape index (κ1) is 58.6. The van der Waals surface area contributed by atoms with Gasteiger partial charge in [0.25, 0.3) is 0 Å². The number of allylic oxidation sites excluding steroid dienone is 14. The van der Waals surface area contributed by atoms with Crippen LogP contribution >= 0.6 is 0 Å². The third-order valence-electron chi connectivity index (χ3n) is 10.7. The maximum Gasteiger partial charge on any atom is 0.306 e. The summed E-state index contributed by atoms with van der Waals surface area (Å²) in [5.41, 5.74) is 0. The van der Waals surface area contributed by atoms with Crippen molar-refractivity contribution in [3.63, 3.8) is 0 Å². The van der Waals surface area contributed by atoms with Gasteiger partial charge < -0.3 is 14.2 Å². The normalized spacial score (nSPS) is 12.8. The highest BCUT2D eigenvalue weighted by atomic mass is 16.6. The fourth-order valence-electron chi connectivity index (χ4n) is 6.94. The molecule has 0 aliphatic carbocycles. The molecule has 0 rings (SSSR count). The summed E-state index contributed by atoms with van der Waals surface area (Å²) in [7, 11) is 0. The van der Waals surface area contributed by atoms with E-state index in [1.54, 1.807) is 0 Å². The molecule has 0 radical (unpaired) electrons. The molecule has 0 saturated carbocycles.